The zero-order valence-electron chi connectivity index (χ0n) is 12.1. The molecule has 9 heteroatoms. The topological polar surface area (TPSA) is 104 Å². The molecule has 0 saturated carbocycles. The summed E-state index contributed by atoms with van der Waals surface area (Å²) in [5, 5.41) is 6.98. The van der Waals surface area contributed by atoms with Crippen LogP contribution in [0.1, 0.15) is 18.1 Å². The van der Waals surface area contributed by atoms with Gasteiger partial charge in [-0.15, -0.1) is 0 Å². The molecule has 0 aliphatic carbocycles. The predicted octanol–water partition coefficient (Wildman–Crippen LogP) is -0.448. The van der Waals surface area contributed by atoms with E-state index in [2.05, 4.69) is 15.5 Å². The molecule has 1 saturated heterocycles. The summed E-state index contributed by atoms with van der Waals surface area (Å²) < 4.78 is 38.0. The van der Waals surface area contributed by atoms with Crippen LogP contribution in [-0.2, 0) is 32.3 Å². The van der Waals surface area contributed by atoms with Gasteiger partial charge in [-0.1, -0.05) is 5.16 Å². The molecule has 1 aromatic heterocycles. The van der Waals surface area contributed by atoms with Crippen molar-refractivity contribution in [1.29, 1.82) is 0 Å². The number of nitrogens with one attached hydrogen (secondary N) is 1. The number of rotatable bonds is 9. The predicted molar refractivity (Wildman–Crippen MR) is 74.6 cm³/mol. The first-order chi connectivity index (χ1) is 10.1. The molecular formula is C12H21N3O5S. The fourth-order valence-electron chi connectivity index (χ4n) is 2.06. The fraction of sp³-hybridized carbons (Fsp3) is 0.833. The molecule has 8 nitrogen and oxygen atoms in total. The highest BCUT2D eigenvalue weighted by Crippen LogP contribution is 2.11. The van der Waals surface area contributed by atoms with Crippen molar-refractivity contribution < 1.29 is 22.4 Å². The lowest BCUT2D eigenvalue weighted by atomic mass is 10.3. The normalized spacial score (nSPS) is 20.9. The van der Waals surface area contributed by atoms with Crippen molar-refractivity contribution >= 4 is 9.84 Å². The summed E-state index contributed by atoms with van der Waals surface area (Å²) in [6, 6.07) is -0.0253. The van der Waals surface area contributed by atoms with E-state index in [0.29, 0.717) is 50.9 Å². The molecule has 2 rings (SSSR count). The quantitative estimate of drug-likeness (QED) is 0.611. The minimum absolute atomic E-state index is 0.0253. The number of ether oxygens (including phenoxy) is 2. The molecule has 0 spiro atoms. The monoisotopic (exact) mass is 319 g/mol. The van der Waals surface area contributed by atoms with Gasteiger partial charge >= 0.3 is 0 Å². The number of nitrogens with zero attached hydrogens (tertiary/aromatic N) is 2. The standard InChI is InChI=1S/C12H21N3O5S/c1-18-5-6-19-4-2-11-14-12(20-15-11)8-13-10-3-7-21(16,17)9-10/h10,13H,2-9H2,1H3. The van der Waals surface area contributed by atoms with Crippen LogP contribution in [0.15, 0.2) is 4.52 Å². The lowest BCUT2D eigenvalue weighted by Gasteiger charge is -2.07. The van der Waals surface area contributed by atoms with E-state index in [1.54, 1.807) is 7.11 Å². The van der Waals surface area contributed by atoms with Gasteiger partial charge in [0.2, 0.25) is 5.89 Å². The zero-order valence-corrected chi connectivity index (χ0v) is 12.9. The highest BCUT2D eigenvalue weighted by atomic mass is 32.2. The summed E-state index contributed by atoms with van der Waals surface area (Å²) in [6.07, 6.45) is 1.21. The van der Waals surface area contributed by atoms with Crippen molar-refractivity contribution in [2.45, 2.75) is 25.4 Å². The highest BCUT2D eigenvalue weighted by molar-refractivity contribution is 7.91. The van der Waals surface area contributed by atoms with Crippen molar-refractivity contribution in [2.24, 2.45) is 0 Å². The zero-order chi connectivity index (χ0) is 15.1. The van der Waals surface area contributed by atoms with E-state index in [1.165, 1.54) is 0 Å². The van der Waals surface area contributed by atoms with E-state index in [1.807, 2.05) is 0 Å². The van der Waals surface area contributed by atoms with Crippen LogP contribution >= 0.6 is 0 Å². The van der Waals surface area contributed by atoms with Crippen LogP contribution in [0, 0.1) is 0 Å². The molecule has 0 bridgehead atoms. The molecule has 1 aromatic rings. The largest absolute Gasteiger partial charge is 0.382 e. The first kappa shape index (κ1) is 16.3. The minimum Gasteiger partial charge on any atom is -0.382 e. The second kappa shape index (κ2) is 7.83. The molecule has 120 valence electrons. The van der Waals surface area contributed by atoms with E-state index in [0.717, 1.165) is 0 Å². The van der Waals surface area contributed by atoms with Gasteiger partial charge in [0.1, 0.15) is 0 Å². The molecule has 1 unspecified atom stereocenters. The second-order valence-electron chi connectivity index (χ2n) is 4.94. The van der Waals surface area contributed by atoms with Crippen molar-refractivity contribution in [3.63, 3.8) is 0 Å². The summed E-state index contributed by atoms with van der Waals surface area (Å²) in [5.74, 6) is 1.48. The van der Waals surface area contributed by atoms with Gasteiger partial charge in [-0.25, -0.2) is 8.42 Å². The molecule has 1 aliphatic rings. The number of sulfone groups is 1. The van der Waals surface area contributed by atoms with Crippen LogP contribution in [0.4, 0.5) is 0 Å². The van der Waals surface area contributed by atoms with Crippen LogP contribution in [-0.4, -0.2) is 63.0 Å². The third-order valence-electron chi connectivity index (χ3n) is 3.19. The van der Waals surface area contributed by atoms with E-state index >= 15 is 0 Å². The Morgan fingerprint density at radius 3 is 2.95 bits per heavy atom. The van der Waals surface area contributed by atoms with Gasteiger partial charge in [0.25, 0.3) is 0 Å². The molecule has 1 N–H and O–H groups in total. The molecule has 2 heterocycles. The lowest BCUT2D eigenvalue weighted by Crippen LogP contribution is -2.29. The summed E-state index contributed by atoms with van der Waals surface area (Å²) in [6.45, 7) is 2.00. The number of hydrogen-bond acceptors (Lipinski definition) is 8. The van der Waals surface area contributed by atoms with E-state index in [4.69, 9.17) is 14.0 Å². The molecular weight excluding hydrogens is 298 g/mol. The smallest absolute Gasteiger partial charge is 0.240 e. The van der Waals surface area contributed by atoms with E-state index in [-0.39, 0.29) is 17.5 Å². The van der Waals surface area contributed by atoms with Gasteiger partial charge in [-0.3, -0.25) is 0 Å². The van der Waals surface area contributed by atoms with E-state index < -0.39 is 9.84 Å². The molecule has 0 amide bonds. The third kappa shape index (κ3) is 5.70. The first-order valence-corrected chi connectivity index (χ1v) is 8.73. The Labute approximate surface area is 124 Å². The fourth-order valence-corrected chi connectivity index (χ4v) is 3.77. The summed E-state index contributed by atoms with van der Waals surface area (Å²) >= 11 is 0. The average molecular weight is 319 g/mol. The molecule has 1 fully saturated rings. The van der Waals surface area contributed by atoms with Crippen molar-refractivity contribution in [3.8, 4) is 0 Å². The van der Waals surface area contributed by atoms with Gasteiger partial charge in [0, 0.05) is 19.6 Å². The van der Waals surface area contributed by atoms with Gasteiger partial charge < -0.3 is 19.3 Å². The maximum absolute atomic E-state index is 11.3. The van der Waals surface area contributed by atoms with Crippen LogP contribution in [0.3, 0.4) is 0 Å². The van der Waals surface area contributed by atoms with Crippen LogP contribution in [0.2, 0.25) is 0 Å². The van der Waals surface area contributed by atoms with Crippen LogP contribution in [0.5, 0.6) is 0 Å². The summed E-state index contributed by atoms with van der Waals surface area (Å²) in [4.78, 5) is 4.22. The third-order valence-corrected chi connectivity index (χ3v) is 4.95. The van der Waals surface area contributed by atoms with Crippen molar-refractivity contribution in [2.75, 3.05) is 38.4 Å². The molecule has 1 aliphatic heterocycles. The number of methoxy groups -OCH3 is 1. The number of aromatic nitrogens is 2. The Balaban J connectivity index is 1.66. The lowest BCUT2D eigenvalue weighted by molar-refractivity contribution is 0.0714. The summed E-state index contributed by atoms with van der Waals surface area (Å²) in [7, 11) is -1.25. The maximum Gasteiger partial charge on any atom is 0.240 e. The van der Waals surface area contributed by atoms with Crippen LogP contribution < -0.4 is 5.32 Å². The van der Waals surface area contributed by atoms with Crippen molar-refractivity contribution in [1.82, 2.24) is 15.5 Å². The minimum atomic E-state index is -2.87. The first-order valence-electron chi connectivity index (χ1n) is 6.91. The van der Waals surface area contributed by atoms with Gasteiger partial charge in [-0.05, 0) is 6.42 Å². The van der Waals surface area contributed by atoms with Gasteiger partial charge in [0.15, 0.2) is 15.7 Å². The molecule has 0 aromatic carbocycles. The van der Waals surface area contributed by atoms with E-state index in [9.17, 15) is 8.42 Å². The number of hydrogen-bond donors (Lipinski definition) is 1. The van der Waals surface area contributed by atoms with Gasteiger partial charge in [-0.2, -0.15) is 4.98 Å². The Kier molecular flexibility index (Phi) is 6.09. The molecule has 1 atom stereocenters. The Bertz CT molecular complexity index is 531. The molecule has 21 heavy (non-hydrogen) atoms. The SMILES string of the molecule is COCCOCCc1noc(CNC2CCS(=O)(=O)C2)n1. The average Bonchev–Trinajstić information content (AvgIpc) is 3.03. The Morgan fingerprint density at radius 2 is 2.24 bits per heavy atom. The van der Waals surface area contributed by atoms with Crippen LogP contribution in [0.25, 0.3) is 0 Å². The second-order valence-corrected chi connectivity index (χ2v) is 7.17. The Hall–Kier alpha value is -1.03. The Morgan fingerprint density at radius 1 is 1.38 bits per heavy atom. The maximum atomic E-state index is 11.3. The molecule has 0 radical (unpaired) electrons. The van der Waals surface area contributed by atoms with Gasteiger partial charge in [0.05, 0.1) is 37.9 Å². The van der Waals surface area contributed by atoms with Crippen molar-refractivity contribution in [3.05, 3.63) is 11.7 Å². The summed E-state index contributed by atoms with van der Waals surface area (Å²) in [5.41, 5.74) is 0. The highest BCUT2D eigenvalue weighted by Gasteiger charge is 2.27.